The van der Waals surface area contributed by atoms with E-state index < -0.39 is 0 Å². The molecule has 3 unspecified atom stereocenters. The number of benzene rings is 3. The highest BCUT2D eigenvalue weighted by atomic mass is 79.9. The Morgan fingerprint density at radius 1 is 0.506 bits per heavy atom. The summed E-state index contributed by atoms with van der Waals surface area (Å²) >= 11 is 29.7. The Bertz CT molecular complexity index is 3350. The van der Waals surface area contributed by atoms with Crippen LogP contribution in [0, 0.1) is 17.8 Å². The number of halogens is 6. The second-order valence-electron chi connectivity index (χ2n) is 22.2. The molecule has 0 saturated carbocycles. The van der Waals surface area contributed by atoms with Crippen molar-refractivity contribution in [3.8, 4) is 0 Å². The second kappa shape index (κ2) is 28.6. The van der Waals surface area contributed by atoms with Gasteiger partial charge in [0, 0.05) is 103 Å². The third-order valence-corrected chi connectivity index (χ3v) is 19.4. The third-order valence-electron chi connectivity index (χ3n) is 17.2. The van der Waals surface area contributed by atoms with Crippen molar-refractivity contribution in [2.45, 2.75) is 89.9 Å². The molecule has 6 aromatic rings. The van der Waals surface area contributed by atoms with Gasteiger partial charge in [-0.05, 0) is 227 Å². The second-order valence-corrected chi connectivity index (χ2v) is 26.2. The molecule has 13 nitrogen and oxygen atoms in total. The van der Waals surface area contributed by atoms with Crippen LogP contribution in [0.5, 0.6) is 0 Å². The Kier molecular flexibility index (Phi) is 21.0. The fraction of sp³-hybridized carbons (Fsp3) is 0.394. The Morgan fingerprint density at radius 3 is 1.47 bits per heavy atom. The van der Waals surface area contributed by atoms with Crippen LogP contribution in [0.4, 0.5) is 20.1 Å². The summed E-state index contributed by atoms with van der Waals surface area (Å²) in [4.78, 5) is 56.1. The minimum absolute atomic E-state index is 0.140. The number of nitrogen functional groups attached to an aromatic ring is 1. The molecule has 3 saturated heterocycles. The molecule has 0 radical (unpaired) electrons. The van der Waals surface area contributed by atoms with Crippen LogP contribution in [0.1, 0.15) is 144 Å². The van der Waals surface area contributed by atoms with E-state index in [9.17, 15) is 14.4 Å². The SMILES string of the molecule is CCOC(=O)N1CCC(C2c3ccc(Cl)cc3C=C(Br)c3cc(Br)cnc32)CC1.CCOC(=O)N1CCC(C2c3ccc(Cl)cc3C=Cc3cc(Br)cnc32)CC1.CCOC(=O)N1CCC(C2c3ccc(Cl)cc3CCc3cc(N)cnc32)CC1. The number of hydrogen-bond donors (Lipinski definition) is 1. The van der Waals surface area contributed by atoms with Crippen LogP contribution in [0.2, 0.25) is 15.1 Å². The van der Waals surface area contributed by atoms with Gasteiger partial charge in [0.25, 0.3) is 0 Å². The van der Waals surface area contributed by atoms with E-state index in [2.05, 4.69) is 108 Å². The molecular formula is C66H69Br3Cl3N7O6. The number of piperidine rings is 3. The van der Waals surface area contributed by atoms with Crippen molar-refractivity contribution in [1.82, 2.24) is 29.7 Å². The lowest BCUT2D eigenvalue weighted by molar-refractivity contribution is 0.0892. The average Bonchev–Trinajstić information content (AvgIpc) is 2.24. The maximum Gasteiger partial charge on any atom is 0.409 e. The molecule has 3 aromatic carbocycles. The number of nitrogens with two attached hydrogens (primary N) is 1. The lowest BCUT2D eigenvalue weighted by Gasteiger charge is -2.36. The van der Waals surface area contributed by atoms with Crippen LogP contribution in [-0.4, -0.2) is 107 Å². The maximum absolute atomic E-state index is 12.1. The van der Waals surface area contributed by atoms with Gasteiger partial charge in [0.15, 0.2) is 0 Å². The summed E-state index contributed by atoms with van der Waals surface area (Å²) in [7, 11) is 0. The zero-order valence-corrected chi connectivity index (χ0v) is 54.9. The monoisotopic (exact) mass is 1400 g/mol. The lowest BCUT2D eigenvalue weighted by atomic mass is 9.76. The highest BCUT2D eigenvalue weighted by molar-refractivity contribution is 9.15. The maximum atomic E-state index is 12.1. The molecule has 3 amide bonds. The summed E-state index contributed by atoms with van der Waals surface area (Å²) in [6, 6.07) is 24.7. The number of ether oxygens (including phenoxy) is 3. The molecule has 0 bridgehead atoms. The van der Waals surface area contributed by atoms with Crippen LogP contribution in [0.3, 0.4) is 0 Å². The zero-order chi connectivity index (χ0) is 59.9. The lowest BCUT2D eigenvalue weighted by Crippen LogP contribution is -2.40. The van der Waals surface area contributed by atoms with Crippen molar-refractivity contribution in [1.29, 1.82) is 0 Å². The van der Waals surface area contributed by atoms with Gasteiger partial charge in [0.1, 0.15) is 0 Å². The molecule has 85 heavy (non-hydrogen) atoms. The van der Waals surface area contributed by atoms with E-state index in [1.165, 1.54) is 27.8 Å². The fourth-order valence-corrected chi connectivity index (χ4v) is 15.0. The van der Waals surface area contributed by atoms with Gasteiger partial charge in [0.2, 0.25) is 0 Å². The van der Waals surface area contributed by atoms with Gasteiger partial charge in [-0.2, -0.15) is 0 Å². The number of aromatic nitrogens is 3. The molecule has 6 heterocycles. The molecule has 12 rings (SSSR count). The predicted octanol–water partition coefficient (Wildman–Crippen LogP) is 17.1. The summed E-state index contributed by atoms with van der Waals surface area (Å²) < 4.78 is 18.4. The molecule has 3 fully saturated rings. The van der Waals surface area contributed by atoms with Crippen LogP contribution in [0.25, 0.3) is 22.7 Å². The molecule has 446 valence electrons. The zero-order valence-electron chi connectivity index (χ0n) is 47.9. The van der Waals surface area contributed by atoms with Gasteiger partial charge in [-0.1, -0.05) is 81.1 Å². The molecular weight excluding hydrogens is 1330 g/mol. The molecule has 3 atom stereocenters. The van der Waals surface area contributed by atoms with Crippen LogP contribution < -0.4 is 5.73 Å². The van der Waals surface area contributed by atoms with Crippen molar-refractivity contribution >= 4 is 129 Å². The van der Waals surface area contributed by atoms with Gasteiger partial charge in [-0.15, -0.1) is 0 Å². The van der Waals surface area contributed by atoms with E-state index in [4.69, 9.17) is 69.7 Å². The molecule has 3 aliphatic carbocycles. The van der Waals surface area contributed by atoms with E-state index in [1.54, 1.807) is 6.20 Å². The Labute approximate surface area is 538 Å². The summed E-state index contributed by atoms with van der Waals surface area (Å²) in [6.07, 6.45) is 18.6. The van der Waals surface area contributed by atoms with Crippen molar-refractivity contribution in [2.24, 2.45) is 17.8 Å². The Morgan fingerprint density at radius 2 is 0.929 bits per heavy atom. The number of rotatable bonds is 6. The first kappa shape index (κ1) is 62.6. The molecule has 2 N–H and O–H groups in total. The summed E-state index contributed by atoms with van der Waals surface area (Å²) in [5.41, 5.74) is 20.8. The Balaban J connectivity index is 0.000000142. The number of anilines is 1. The van der Waals surface area contributed by atoms with Crippen molar-refractivity contribution in [2.75, 3.05) is 64.8 Å². The first-order valence-corrected chi connectivity index (χ1v) is 32.9. The van der Waals surface area contributed by atoms with Crippen molar-refractivity contribution < 1.29 is 28.6 Å². The molecule has 3 aromatic heterocycles. The number of amides is 3. The molecule has 19 heteroatoms. The first-order chi connectivity index (χ1) is 41.1. The number of likely N-dealkylation sites (tertiary alicyclic amines) is 3. The highest BCUT2D eigenvalue weighted by Crippen LogP contribution is 2.48. The first-order valence-electron chi connectivity index (χ1n) is 29.3. The number of hydrogen-bond acceptors (Lipinski definition) is 10. The van der Waals surface area contributed by atoms with E-state index >= 15 is 0 Å². The van der Waals surface area contributed by atoms with Crippen molar-refractivity contribution in [3.05, 3.63) is 183 Å². The van der Waals surface area contributed by atoms with E-state index in [1.807, 2.05) is 78.2 Å². The van der Waals surface area contributed by atoms with Gasteiger partial charge in [-0.3, -0.25) is 15.0 Å². The molecule has 3 aliphatic heterocycles. The van der Waals surface area contributed by atoms with Gasteiger partial charge in [0.05, 0.1) is 48.8 Å². The van der Waals surface area contributed by atoms with Gasteiger partial charge in [-0.25, -0.2) is 14.4 Å². The smallest absolute Gasteiger partial charge is 0.409 e. The topological polar surface area (TPSA) is 153 Å². The molecule has 6 aliphatic rings. The number of nitrogens with zero attached hydrogens (tertiary/aromatic N) is 6. The third kappa shape index (κ3) is 14.6. The van der Waals surface area contributed by atoms with Gasteiger partial charge >= 0.3 is 18.3 Å². The minimum atomic E-state index is -0.217. The highest BCUT2D eigenvalue weighted by Gasteiger charge is 2.39. The number of aryl methyl sites for hydroxylation is 2. The Hall–Kier alpha value is -5.49. The van der Waals surface area contributed by atoms with Gasteiger partial charge < -0.3 is 34.6 Å². The van der Waals surface area contributed by atoms with Crippen LogP contribution in [0.15, 0.2) is 100 Å². The number of fused-ring (bicyclic) bond motifs is 6. The predicted molar refractivity (Wildman–Crippen MR) is 349 cm³/mol. The minimum Gasteiger partial charge on any atom is -0.450 e. The summed E-state index contributed by atoms with van der Waals surface area (Å²) in [5.74, 6) is 1.71. The molecule has 0 spiro atoms. The van der Waals surface area contributed by atoms with E-state index in [-0.39, 0.29) is 36.0 Å². The largest absolute Gasteiger partial charge is 0.450 e. The summed E-state index contributed by atoms with van der Waals surface area (Å²) in [6.45, 7) is 11.0. The average molecular weight is 1400 g/mol. The fourth-order valence-electron chi connectivity index (χ4n) is 13.2. The number of pyridine rings is 3. The number of carbonyl (C=O) groups is 3. The van der Waals surface area contributed by atoms with Crippen molar-refractivity contribution in [3.63, 3.8) is 0 Å². The van der Waals surface area contributed by atoms with E-state index in [0.29, 0.717) is 82.5 Å². The number of carbonyl (C=O) groups excluding carboxylic acids is 3. The van der Waals surface area contributed by atoms with Crippen LogP contribution >= 0.6 is 82.6 Å². The van der Waals surface area contributed by atoms with E-state index in [0.717, 1.165) is 119 Å². The normalized spacial score (nSPS) is 19.2. The van der Waals surface area contributed by atoms with Crippen LogP contribution in [-0.2, 0) is 27.1 Å². The quantitative estimate of drug-likeness (QED) is 0.159. The standard InChI is InChI=1S/C22H21Br2ClN2O2.C22H22BrClN2O2.C22H26ClN3O2/c1-2-29-22(28)27-7-5-13(6-8-27)20-17-4-3-16(25)9-14(17)10-19(24)18-11-15(23)12-26-21(18)20;1-2-28-22(27)26-9-7-14(8-10-26)20-19-6-5-18(24)12-15(19)3-4-16-11-17(23)13-25-21(16)20;1-2-28-22(27)26-9-7-14(8-10-26)20-19-6-5-17(23)11-15(19)3-4-16-12-18(24)13-25-21(16)20/h3-4,9-13,20H,2,5-8H2,1H3;3-6,11-14,20H,2,7-10H2,1H3;5-6,11-14,20H,2-4,7-10,24H2,1H3. The summed E-state index contributed by atoms with van der Waals surface area (Å²) in [5, 5.41) is 2.23.